The lowest BCUT2D eigenvalue weighted by molar-refractivity contribution is 0.111. The fourth-order valence-corrected chi connectivity index (χ4v) is 2.28. The van der Waals surface area contributed by atoms with E-state index in [2.05, 4.69) is 10.6 Å². The van der Waals surface area contributed by atoms with Crippen LogP contribution in [0.15, 0.2) is 22.8 Å². The normalized spacial score (nSPS) is 20.1. The number of amides is 2. The van der Waals surface area contributed by atoms with Crippen molar-refractivity contribution in [2.24, 2.45) is 0 Å². The second kappa shape index (κ2) is 7.31. The quantitative estimate of drug-likeness (QED) is 0.826. The first-order valence-corrected chi connectivity index (χ1v) is 7.00. The fraction of sp³-hybridized carbons (Fsp3) is 0.643. The maximum absolute atomic E-state index is 11.8. The van der Waals surface area contributed by atoms with Crippen LogP contribution >= 0.6 is 0 Å². The van der Waals surface area contributed by atoms with Gasteiger partial charge in [0.1, 0.15) is 5.76 Å². The van der Waals surface area contributed by atoms with Crippen LogP contribution in [0.25, 0.3) is 0 Å². The molecular formula is C14H23N3O3. The Balaban J connectivity index is 1.73. The van der Waals surface area contributed by atoms with Crippen LogP contribution in [0, 0.1) is 0 Å². The molecule has 1 fully saturated rings. The summed E-state index contributed by atoms with van der Waals surface area (Å²) in [5, 5.41) is 5.71. The summed E-state index contributed by atoms with van der Waals surface area (Å²) < 4.78 is 10.9. The molecule has 6 nitrogen and oxygen atoms in total. The van der Waals surface area contributed by atoms with Gasteiger partial charge in [-0.25, -0.2) is 4.79 Å². The van der Waals surface area contributed by atoms with Gasteiger partial charge in [-0.05, 0) is 39.1 Å². The topological polar surface area (TPSA) is 66.7 Å². The molecule has 0 radical (unpaired) electrons. The van der Waals surface area contributed by atoms with Gasteiger partial charge in [0.25, 0.3) is 0 Å². The number of likely N-dealkylation sites (N-methyl/N-ethyl adjacent to an activating group) is 1. The number of rotatable bonds is 6. The Morgan fingerprint density at radius 2 is 2.35 bits per heavy atom. The number of nitrogens with one attached hydrogen (secondary N) is 2. The monoisotopic (exact) mass is 281 g/mol. The van der Waals surface area contributed by atoms with Gasteiger partial charge in [0, 0.05) is 19.7 Å². The highest BCUT2D eigenvalue weighted by Crippen LogP contribution is 2.17. The minimum absolute atomic E-state index is 0.0264. The molecule has 2 rings (SSSR count). The van der Waals surface area contributed by atoms with E-state index < -0.39 is 0 Å². The van der Waals surface area contributed by atoms with Crippen LogP contribution in [0.2, 0.25) is 0 Å². The Kier molecular flexibility index (Phi) is 5.43. The number of carbonyl (C=O) groups excluding carboxylic acids is 1. The zero-order chi connectivity index (χ0) is 14.4. The smallest absolute Gasteiger partial charge is 0.314 e. The molecule has 20 heavy (non-hydrogen) atoms. The Morgan fingerprint density at radius 3 is 2.95 bits per heavy atom. The van der Waals surface area contributed by atoms with Crippen molar-refractivity contribution in [2.75, 3.05) is 33.8 Å². The van der Waals surface area contributed by atoms with Gasteiger partial charge < -0.3 is 19.8 Å². The zero-order valence-corrected chi connectivity index (χ0v) is 12.1. The third-order valence-electron chi connectivity index (χ3n) is 3.47. The Morgan fingerprint density at radius 1 is 1.50 bits per heavy atom. The molecule has 1 aliphatic heterocycles. The number of nitrogens with zero attached hydrogens (tertiary/aromatic N) is 1. The van der Waals surface area contributed by atoms with Gasteiger partial charge in [0.15, 0.2) is 0 Å². The number of carbonyl (C=O) groups is 1. The fourth-order valence-electron chi connectivity index (χ4n) is 2.28. The summed E-state index contributed by atoms with van der Waals surface area (Å²) in [6.45, 7) is 1.87. The van der Waals surface area contributed by atoms with Crippen molar-refractivity contribution in [1.29, 1.82) is 0 Å². The van der Waals surface area contributed by atoms with Crippen LogP contribution in [0.3, 0.4) is 0 Å². The average molecular weight is 281 g/mol. The van der Waals surface area contributed by atoms with Crippen molar-refractivity contribution in [2.45, 2.75) is 25.0 Å². The number of furan rings is 1. The molecular weight excluding hydrogens is 258 g/mol. The summed E-state index contributed by atoms with van der Waals surface area (Å²) in [7, 11) is 3.91. The molecule has 1 aromatic heterocycles. The van der Waals surface area contributed by atoms with E-state index in [1.54, 1.807) is 6.26 Å². The number of ether oxygens (including phenoxy) is 1. The standard InChI is InChI=1S/C14H23N3O3/c1-17(2)12(13-6-4-8-20-13)10-16-14(18)15-9-11-5-3-7-19-11/h4,6,8,11-12H,3,5,7,9-10H2,1-2H3,(H2,15,16,18). The number of urea groups is 1. The van der Waals surface area contributed by atoms with Crippen LogP contribution in [0.4, 0.5) is 4.79 Å². The van der Waals surface area contributed by atoms with Crippen molar-refractivity contribution in [1.82, 2.24) is 15.5 Å². The van der Waals surface area contributed by atoms with Gasteiger partial charge in [0.05, 0.1) is 18.4 Å². The molecule has 1 aromatic rings. The number of hydrogen-bond donors (Lipinski definition) is 2. The minimum Gasteiger partial charge on any atom is -0.468 e. The SMILES string of the molecule is CN(C)C(CNC(=O)NCC1CCCO1)c1ccco1. The first-order valence-electron chi connectivity index (χ1n) is 7.00. The molecule has 0 bridgehead atoms. The van der Waals surface area contributed by atoms with E-state index in [0.717, 1.165) is 25.2 Å². The van der Waals surface area contributed by atoms with Crippen molar-refractivity contribution in [3.8, 4) is 0 Å². The first kappa shape index (κ1) is 14.9. The van der Waals surface area contributed by atoms with Gasteiger partial charge >= 0.3 is 6.03 Å². The lowest BCUT2D eigenvalue weighted by Crippen LogP contribution is -2.42. The zero-order valence-electron chi connectivity index (χ0n) is 12.1. The number of hydrogen-bond acceptors (Lipinski definition) is 4. The van der Waals surface area contributed by atoms with E-state index in [-0.39, 0.29) is 18.2 Å². The molecule has 112 valence electrons. The molecule has 0 saturated carbocycles. The molecule has 1 aliphatic rings. The van der Waals surface area contributed by atoms with Crippen molar-refractivity contribution in [3.05, 3.63) is 24.2 Å². The van der Waals surface area contributed by atoms with E-state index in [9.17, 15) is 4.79 Å². The maximum atomic E-state index is 11.8. The van der Waals surface area contributed by atoms with Crippen LogP contribution in [0.1, 0.15) is 24.6 Å². The third kappa shape index (κ3) is 4.25. The molecule has 0 spiro atoms. The van der Waals surface area contributed by atoms with E-state index >= 15 is 0 Å². The molecule has 0 aliphatic carbocycles. The molecule has 2 amide bonds. The minimum atomic E-state index is -0.168. The van der Waals surface area contributed by atoms with Crippen LogP contribution in [-0.2, 0) is 4.74 Å². The summed E-state index contributed by atoms with van der Waals surface area (Å²) in [6.07, 6.45) is 3.90. The molecule has 0 aromatic carbocycles. The summed E-state index contributed by atoms with van der Waals surface area (Å²) in [5.74, 6) is 0.842. The Hall–Kier alpha value is -1.53. The first-order chi connectivity index (χ1) is 9.66. The van der Waals surface area contributed by atoms with E-state index in [1.807, 2.05) is 31.1 Å². The van der Waals surface area contributed by atoms with Crippen molar-refractivity contribution >= 4 is 6.03 Å². The summed E-state index contributed by atoms with van der Waals surface area (Å²) in [6, 6.07) is 3.62. The lowest BCUT2D eigenvalue weighted by Gasteiger charge is -2.22. The van der Waals surface area contributed by atoms with Gasteiger partial charge in [0.2, 0.25) is 0 Å². The van der Waals surface area contributed by atoms with Gasteiger partial charge in [-0.3, -0.25) is 4.90 Å². The second-order valence-corrected chi connectivity index (χ2v) is 5.22. The third-order valence-corrected chi connectivity index (χ3v) is 3.47. The van der Waals surface area contributed by atoms with E-state index in [0.29, 0.717) is 13.1 Å². The summed E-state index contributed by atoms with van der Waals surface area (Å²) in [5.41, 5.74) is 0. The molecule has 2 heterocycles. The second-order valence-electron chi connectivity index (χ2n) is 5.22. The van der Waals surface area contributed by atoms with Crippen molar-refractivity contribution < 1.29 is 13.9 Å². The lowest BCUT2D eigenvalue weighted by atomic mass is 10.2. The highest BCUT2D eigenvalue weighted by molar-refractivity contribution is 5.73. The molecule has 6 heteroatoms. The van der Waals surface area contributed by atoms with Crippen molar-refractivity contribution in [3.63, 3.8) is 0 Å². The largest absolute Gasteiger partial charge is 0.468 e. The highest BCUT2D eigenvalue weighted by atomic mass is 16.5. The molecule has 2 unspecified atom stereocenters. The predicted molar refractivity (Wildman–Crippen MR) is 75.5 cm³/mol. The molecule has 1 saturated heterocycles. The average Bonchev–Trinajstić information content (AvgIpc) is 3.09. The molecule has 2 N–H and O–H groups in total. The predicted octanol–water partition coefficient (Wildman–Crippen LogP) is 1.36. The van der Waals surface area contributed by atoms with Gasteiger partial charge in [-0.15, -0.1) is 0 Å². The molecule has 2 atom stereocenters. The van der Waals surface area contributed by atoms with Gasteiger partial charge in [-0.2, -0.15) is 0 Å². The van der Waals surface area contributed by atoms with Crippen LogP contribution < -0.4 is 10.6 Å². The van der Waals surface area contributed by atoms with E-state index in [4.69, 9.17) is 9.15 Å². The highest BCUT2D eigenvalue weighted by Gasteiger charge is 2.19. The van der Waals surface area contributed by atoms with E-state index in [1.165, 1.54) is 0 Å². The Labute approximate surface area is 119 Å². The summed E-state index contributed by atoms with van der Waals surface area (Å²) in [4.78, 5) is 13.8. The van der Waals surface area contributed by atoms with Crippen LogP contribution in [-0.4, -0.2) is 50.8 Å². The maximum Gasteiger partial charge on any atom is 0.314 e. The van der Waals surface area contributed by atoms with Crippen LogP contribution in [0.5, 0.6) is 0 Å². The summed E-state index contributed by atoms with van der Waals surface area (Å²) >= 11 is 0. The Bertz CT molecular complexity index is 400. The van der Waals surface area contributed by atoms with Gasteiger partial charge in [-0.1, -0.05) is 0 Å².